The number of methoxy groups -OCH3 is 1. The zero-order valence-corrected chi connectivity index (χ0v) is 13.1. The predicted octanol–water partition coefficient (Wildman–Crippen LogP) is 2.30. The van der Waals surface area contributed by atoms with Gasteiger partial charge in [-0.3, -0.25) is 9.59 Å². The van der Waals surface area contributed by atoms with Crippen molar-refractivity contribution in [2.75, 3.05) is 19.0 Å². The van der Waals surface area contributed by atoms with Crippen LogP contribution in [0.5, 0.6) is 5.75 Å². The molecule has 0 spiro atoms. The van der Waals surface area contributed by atoms with Gasteiger partial charge in [-0.1, -0.05) is 6.07 Å². The van der Waals surface area contributed by atoms with Crippen LogP contribution in [0, 0.1) is 17.2 Å². The molecule has 23 heavy (non-hydrogen) atoms. The maximum absolute atomic E-state index is 12.2. The third-order valence-corrected chi connectivity index (χ3v) is 3.79. The number of carbonyl (C=O) groups excluding carboxylic acids is 2. The Morgan fingerprint density at radius 1 is 1.52 bits per heavy atom. The minimum Gasteiger partial charge on any atom is -0.497 e. The Kier molecular flexibility index (Phi) is 6.12. The van der Waals surface area contributed by atoms with Gasteiger partial charge in [0, 0.05) is 24.8 Å². The van der Waals surface area contributed by atoms with Crippen molar-refractivity contribution in [2.24, 2.45) is 5.92 Å². The van der Waals surface area contributed by atoms with Crippen LogP contribution >= 0.6 is 0 Å². The van der Waals surface area contributed by atoms with Crippen molar-refractivity contribution < 1.29 is 19.1 Å². The van der Waals surface area contributed by atoms with Gasteiger partial charge in [0.25, 0.3) is 0 Å². The first-order valence-electron chi connectivity index (χ1n) is 7.63. The fraction of sp³-hybridized carbons (Fsp3) is 0.471. The van der Waals surface area contributed by atoms with Crippen LogP contribution in [0.15, 0.2) is 24.3 Å². The summed E-state index contributed by atoms with van der Waals surface area (Å²) in [6.07, 6.45) is 2.73. The highest BCUT2D eigenvalue weighted by Crippen LogP contribution is 2.20. The third kappa shape index (κ3) is 4.80. The number of hydrogen-bond acceptors (Lipinski definition) is 5. The van der Waals surface area contributed by atoms with E-state index in [0.717, 1.165) is 19.4 Å². The maximum Gasteiger partial charge on any atom is 0.249 e. The van der Waals surface area contributed by atoms with E-state index in [2.05, 4.69) is 5.32 Å². The topological polar surface area (TPSA) is 88.4 Å². The summed E-state index contributed by atoms with van der Waals surface area (Å²) in [6.45, 7) is 0.719. The molecular weight excluding hydrogens is 296 g/mol. The van der Waals surface area contributed by atoms with Gasteiger partial charge in [0.1, 0.15) is 5.75 Å². The first-order chi connectivity index (χ1) is 11.1. The SMILES string of the molecule is COc1cccc(NC(=O)[C@@H](C#N)C(=O)CC[C@H]2CCCO2)c1. The van der Waals surface area contributed by atoms with Crippen molar-refractivity contribution in [3.05, 3.63) is 24.3 Å². The molecule has 1 saturated heterocycles. The average Bonchev–Trinajstić information content (AvgIpc) is 3.07. The van der Waals surface area contributed by atoms with Crippen molar-refractivity contribution in [3.8, 4) is 11.8 Å². The monoisotopic (exact) mass is 316 g/mol. The summed E-state index contributed by atoms with van der Waals surface area (Å²) in [4.78, 5) is 24.3. The minimum atomic E-state index is -1.30. The van der Waals surface area contributed by atoms with Gasteiger partial charge >= 0.3 is 0 Å². The second-order valence-corrected chi connectivity index (χ2v) is 5.42. The summed E-state index contributed by atoms with van der Waals surface area (Å²) in [7, 11) is 1.52. The van der Waals surface area contributed by atoms with Crippen LogP contribution in [0.3, 0.4) is 0 Å². The minimum absolute atomic E-state index is 0.0692. The highest BCUT2D eigenvalue weighted by Gasteiger charge is 2.27. The number of Topliss-reactive ketones (excluding diaryl/α,β-unsaturated/α-hetero) is 1. The molecule has 0 aliphatic carbocycles. The first kappa shape index (κ1) is 17.0. The number of carbonyl (C=O) groups is 2. The molecule has 0 bridgehead atoms. The molecule has 0 aromatic heterocycles. The number of nitrogens with one attached hydrogen (secondary N) is 1. The van der Waals surface area contributed by atoms with Gasteiger partial charge in [-0.25, -0.2) is 0 Å². The highest BCUT2D eigenvalue weighted by atomic mass is 16.5. The van der Waals surface area contributed by atoms with Gasteiger partial charge in [-0.05, 0) is 31.4 Å². The molecule has 0 radical (unpaired) electrons. The Labute approximate surface area is 135 Å². The van der Waals surface area contributed by atoms with E-state index in [4.69, 9.17) is 14.7 Å². The molecule has 6 nitrogen and oxygen atoms in total. The van der Waals surface area contributed by atoms with Gasteiger partial charge in [0.15, 0.2) is 11.7 Å². The van der Waals surface area contributed by atoms with Crippen LogP contribution in [0.4, 0.5) is 5.69 Å². The first-order valence-corrected chi connectivity index (χ1v) is 7.63. The fourth-order valence-corrected chi connectivity index (χ4v) is 2.51. The summed E-state index contributed by atoms with van der Waals surface area (Å²) in [5, 5.41) is 11.7. The predicted molar refractivity (Wildman–Crippen MR) is 83.9 cm³/mol. The molecule has 1 aromatic carbocycles. The van der Waals surface area contributed by atoms with E-state index in [-0.39, 0.29) is 18.3 Å². The second-order valence-electron chi connectivity index (χ2n) is 5.42. The molecule has 122 valence electrons. The number of ketones is 1. The second kappa shape index (κ2) is 8.30. The van der Waals surface area contributed by atoms with Gasteiger partial charge in [0.2, 0.25) is 5.91 Å². The van der Waals surface area contributed by atoms with E-state index in [0.29, 0.717) is 17.9 Å². The molecule has 2 rings (SSSR count). The van der Waals surface area contributed by atoms with Gasteiger partial charge < -0.3 is 14.8 Å². The number of nitrogens with zero attached hydrogens (tertiary/aromatic N) is 1. The number of amides is 1. The van der Waals surface area contributed by atoms with E-state index < -0.39 is 11.8 Å². The Morgan fingerprint density at radius 2 is 2.35 bits per heavy atom. The Balaban J connectivity index is 1.91. The summed E-state index contributed by atoms with van der Waals surface area (Å²) in [5.41, 5.74) is 0.488. The van der Waals surface area contributed by atoms with Gasteiger partial charge in [0.05, 0.1) is 19.3 Å². The Bertz CT molecular complexity index is 603. The fourth-order valence-electron chi connectivity index (χ4n) is 2.51. The largest absolute Gasteiger partial charge is 0.497 e. The van der Waals surface area contributed by atoms with Crippen LogP contribution < -0.4 is 10.1 Å². The summed E-state index contributed by atoms with van der Waals surface area (Å²) in [6, 6.07) is 8.55. The molecule has 1 fully saturated rings. The van der Waals surface area contributed by atoms with Crippen LogP contribution in [0.25, 0.3) is 0 Å². The lowest BCUT2D eigenvalue weighted by Gasteiger charge is -2.12. The lowest BCUT2D eigenvalue weighted by atomic mass is 9.98. The van der Waals surface area contributed by atoms with E-state index in [9.17, 15) is 9.59 Å². The van der Waals surface area contributed by atoms with Crippen molar-refractivity contribution in [3.63, 3.8) is 0 Å². The van der Waals surface area contributed by atoms with Crippen LogP contribution in [0.2, 0.25) is 0 Å². The number of hydrogen-bond donors (Lipinski definition) is 1. The van der Waals surface area contributed by atoms with Gasteiger partial charge in [-0.2, -0.15) is 5.26 Å². The Hall–Kier alpha value is -2.39. The molecule has 1 aromatic rings. The van der Waals surface area contributed by atoms with Crippen molar-refractivity contribution >= 4 is 17.4 Å². The van der Waals surface area contributed by atoms with E-state index >= 15 is 0 Å². The maximum atomic E-state index is 12.2. The van der Waals surface area contributed by atoms with Gasteiger partial charge in [-0.15, -0.1) is 0 Å². The molecule has 1 aliphatic rings. The number of anilines is 1. The Morgan fingerprint density at radius 3 is 3.00 bits per heavy atom. The molecule has 2 atom stereocenters. The van der Waals surface area contributed by atoms with E-state index in [1.54, 1.807) is 30.3 Å². The zero-order valence-electron chi connectivity index (χ0n) is 13.1. The average molecular weight is 316 g/mol. The number of benzene rings is 1. The van der Waals surface area contributed by atoms with Crippen molar-refractivity contribution in [1.29, 1.82) is 5.26 Å². The molecule has 0 unspecified atom stereocenters. The number of rotatable bonds is 7. The number of nitriles is 1. The molecule has 1 heterocycles. The lowest BCUT2D eigenvalue weighted by Crippen LogP contribution is -2.29. The van der Waals surface area contributed by atoms with Crippen LogP contribution in [0.1, 0.15) is 25.7 Å². The highest BCUT2D eigenvalue weighted by molar-refractivity contribution is 6.09. The molecular formula is C17H20N2O4. The number of ether oxygens (including phenoxy) is 2. The molecule has 6 heteroatoms. The third-order valence-electron chi connectivity index (χ3n) is 3.79. The molecule has 1 N–H and O–H groups in total. The van der Waals surface area contributed by atoms with Crippen molar-refractivity contribution in [2.45, 2.75) is 31.8 Å². The summed E-state index contributed by atoms with van der Waals surface area (Å²) in [5.74, 6) is -1.70. The summed E-state index contributed by atoms with van der Waals surface area (Å²) >= 11 is 0. The van der Waals surface area contributed by atoms with E-state index in [1.807, 2.05) is 0 Å². The lowest BCUT2D eigenvalue weighted by molar-refractivity contribution is -0.129. The quantitative estimate of drug-likeness (QED) is 0.780. The standard InChI is InChI=1S/C17H20N2O4/c1-22-14-5-2-4-12(10-14)19-17(21)15(11-18)16(20)8-7-13-6-3-9-23-13/h2,4-5,10,13,15H,3,6-9H2,1H3,(H,19,21)/t13-,15+/m1/s1. The molecule has 1 aliphatic heterocycles. The normalized spacial score (nSPS) is 18.0. The van der Waals surface area contributed by atoms with E-state index in [1.165, 1.54) is 7.11 Å². The zero-order chi connectivity index (χ0) is 16.7. The smallest absolute Gasteiger partial charge is 0.249 e. The van der Waals surface area contributed by atoms with Crippen molar-refractivity contribution in [1.82, 2.24) is 0 Å². The van der Waals surface area contributed by atoms with Crippen LogP contribution in [-0.2, 0) is 14.3 Å². The van der Waals surface area contributed by atoms with Crippen LogP contribution in [-0.4, -0.2) is 31.5 Å². The summed E-state index contributed by atoms with van der Waals surface area (Å²) < 4.78 is 10.5. The molecule has 1 amide bonds. The molecule has 0 saturated carbocycles.